The van der Waals surface area contributed by atoms with Crippen molar-refractivity contribution in [2.75, 3.05) is 11.9 Å². The molecule has 0 aliphatic rings. The number of fused-ring (bicyclic) bond motifs is 2. The van der Waals surface area contributed by atoms with Crippen molar-refractivity contribution in [1.29, 1.82) is 0 Å². The molecule has 4 rings (SSSR count). The highest BCUT2D eigenvalue weighted by Crippen LogP contribution is 2.26. The summed E-state index contributed by atoms with van der Waals surface area (Å²) >= 11 is 6.05. The number of nitrogens with zero attached hydrogens (tertiary/aromatic N) is 6. The number of nitrogens with one attached hydrogen (secondary N) is 1. The van der Waals surface area contributed by atoms with Gasteiger partial charge in [-0.2, -0.15) is 13.2 Å². The molecule has 25 heavy (non-hydrogen) atoms. The lowest BCUT2D eigenvalue weighted by atomic mass is 10.1. The zero-order valence-corrected chi connectivity index (χ0v) is 13.1. The third-order valence-electron chi connectivity index (χ3n) is 3.49. The second-order valence-electron chi connectivity index (χ2n) is 5.20. The summed E-state index contributed by atoms with van der Waals surface area (Å²) in [6.07, 6.45) is 3.62. The van der Waals surface area contributed by atoms with Gasteiger partial charge in [-0.25, -0.2) is 19.5 Å². The van der Waals surface area contributed by atoms with Crippen LogP contribution in [0.4, 0.5) is 19.1 Å². The SMILES string of the molecule is FC(F)(F)CNc1ncc2c(-c3cnc4ncc(Cl)n4c3)ccn2n1. The van der Waals surface area contributed by atoms with E-state index in [0.29, 0.717) is 16.4 Å². The van der Waals surface area contributed by atoms with Gasteiger partial charge in [0.1, 0.15) is 11.7 Å². The van der Waals surface area contributed by atoms with Crippen LogP contribution in [-0.4, -0.2) is 41.7 Å². The maximum Gasteiger partial charge on any atom is 0.405 e. The summed E-state index contributed by atoms with van der Waals surface area (Å²) in [5.41, 5.74) is 2.13. The molecule has 0 bridgehead atoms. The van der Waals surface area contributed by atoms with Crippen molar-refractivity contribution in [1.82, 2.24) is 29.0 Å². The van der Waals surface area contributed by atoms with E-state index in [1.807, 2.05) is 0 Å². The van der Waals surface area contributed by atoms with Crippen LogP contribution in [0.15, 0.2) is 37.1 Å². The Morgan fingerprint density at radius 3 is 2.72 bits per heavy atom. The van der Waals surface area contributed by atoms with Gasteiger partial charge in [0, 0.05) is 29.7 Å². The first-order valence-corrected chi connectivity index (χ1v) is 7.42. The van der Waals surface area contributed by atoms with Crippen LogP contribution in [0.1, 0.15) is 0 Å². The van der Waals surface area contributed by atoms with Crippen molar-refractivity contribution in [2.45, 2.75) is 6.18 Å². The van der Waals surface area contributed by atoms with E-state index in [0.717, 1.165) is 11.1 Å². The van der Waals surface area contributed by atoms with Crippen molar-refractivity contribution >= 4 is 28.8 Å². The first-order valence-electron chi connectivity index (χ1n) is 7.05. The van der Waals surface area contributed by atoms with E-state index in [9.17, 15) is 13.2 Å². The third kappa shape index (κ3) is 2.95. The minimum Gasteiger partial charge on any atom is -0.344 e. The van der Waals surface area contributed by atoms with Gasteiger partial charge in [0.05, 0.1) is 17.9 Å². The van der Waals surface area contributed by atoms with Crippen molar-refractivity contribution in [3.8, 4) is 11.1 Å². The molecule has 0 radical (unpaired) electrons. The van der Waals surface area contributed by atoms with Gasteiger partial charge in [-0.05, 0) is 6.07 Å². The molecule has 0 atom stereocenters. The molecule has 0 unspecified atom stereocenters. The first-order chi connectivity index (χ1) is 11.9. The van der Waals surface area contributed by atoms with Gasteiger partial charge < -0.3 is 5.32 Å². The average Bonchev–Trinajstić information content (AvgIpc) is 3.15. The molecular formula is C14H9ClF3N7. The molecule has 7 nitrogen and oxygen atoms in total. The van der Waals surface area contributed by atoms with Crippen LogP contribution >= 0.6 is 11.6 Å². The Balaban J connectivity index is 1.71. The molecule has 0 aliphatic heterocycles. The summed E-state index contributed by atoms with van der Waals surface area (Å²) in [4.78, 5) is 12.2. The van der Waals surface area contributed by atoms with E-state index in [4.69, 9.17) is 11.6 Å². The van der Waals surface area contributed by atoms with Gasteiger partial charge in [0.25, 0.3) is 0 Å². The predicted molar refractivity (Wildman–Crippen MR) is 84.5 cm³/mol. The Labute approximate surface area is 143 Å². The number of rotatable bonds is 3. The summed E-state index contributed by atoms with van der Waals surface area (Å²) in [6, 6.07) is 1.77. The predicted octanol–water partition coefficient (Wildman–Crippen LogP) is 3.07. The second kappa shape index (κ2) is 5.59. The Morgan fingerprint density at radius 2 is 1.92 bits per heavy atom. The molecule has 0 fully saturated rings. The summed E-state index contributed by atoms with van der Waals surface area (Å²) in [6.45, 7) is -1.20. The minimum atomic E-state index is -4.34. The molecule has 0 spiro atoms. The zero-order chi connectivity index (χ0) is 17.6. The fourth-order valence-corrected chi connectivity index (χ4v) is 2.56. The third-order valence-corrected chi connectivity index (χ3v) is 3.77. The Bertz CT molecular complexity index is 1070. The van der Waals surface area contributed by atoms with Crippen molar-refractivity contribution in [2.24, 2.45) is 0 Å². The molecular weight excluding hydrogens is 359 g/mol. The average molecular weight is 368 g/mol. The van der Waals surface area contributed by atoms with Crippen LogP contribution in [0, 0.1) is 0 Å². The van der Waals surface area contributed by atoms with Gasteiger partial charge >= 0.3 is 6.18 Å². The molecule has 11 heteroatoms. The largest absolute Gasteiger partial charge is 0.405 e. The number of anilines is 1. The molecule has 128 valence electrons. The van der Waals surface area contributed by atoms with Gasteiger partial charge in [-0.1, -0.05) is 11.6 Å². The highest BCUT2D eigenvalue weighted by molar-refractivity contribution is 6.29. The normalized spacial score (nSPS) is 12.2. The lowest BCUT2D eigenvalue weighted by molar-refractivity contribution is -0.115. The van der Waals surface area contributed by atoms with E-state index >= 15 is 0 Å². The van der Waals surface area contributed by atoms with Gasteiger partial charge in [-0.3, -0.25) is 4.40 Å². The van der Waals surface area contributed by atoms with Crippen LogP contribution in [0.25, 0.3) is 22.4 Å². The van der Waals surface area contributed by atoms with Crippen molar-refractivity contribution < 1.29 is 13.2 Å². The Morgan fingerprint density at radius 1 is 1.12 bits per heavy atom. The zero-order valence-electron chi connectivity index (χ0n) is 12.4. The van der Waals surface area contributed by atoms with Gasteiger partial charge in [-0.15, -0.1) is 5.10 Å². The van der Waals surface area contributed by atoms with E-state index < -0.39 is 12.7 Å². The highest BCUT2D eigenvalue weighted by atomic mass is 35.5. The highest BCUT2D eigenvalue weighted by Gasteiger charge is 2.27. The molecule has 1 N–H and O–H groups in total. The number of hydrogen-bond donors (Lipinski definition) is 1. The lowest BCUT2D eigenvalue weighted by Gasteiger charge is -2.08. The van der Waals surface area contributed by atoms with Crippen molar-refractivity contribution in [3.63, 3.8) is 0 Å². The maximum atomic E-state index is 12.3. The van der Waals surface area contributed by atoms with Gasteiger partial charge in [0.2, 0.25) is 11.7 Å². The topological polar surface area (TPSA) is 72.4 Å². The van der Waals surface area contributed by atoms with Gasteiger partial charge in [0.15, 0.2) is 0 Å². The Hall–Kier alpha value is -2.88. The van der Waals surface area contributed by atoms with E-state index in [2.05, 4.69) is 25.4 Å². The van der Waals surface area contributed by atoms with Crippen LogP contribution in [-0.2, 0) is 0 Å². The molecule has 0 aromatic carbocycles. The fourth-order valence-electron chi connectivity index (χ4n) is 2.39. The van der Waals surface area contributed by atoms with Crippen LogP contribution in [0.5, 0.6) is 0 Å². The molecule has 4 heterocycles. The summed E-state index contributed by atoms with van der Waals surface area (Å²) in [5, 5.41) is 6.59. The molecule has 0 saturated carbocycles. The standard InChI is InChI=1S/C14H9ClF3N7/c15-11-5-21-13-20-3-8(6-24(11)13)9-1-2-25-10(9)4-19-12(23-25)22-7-14(16,17)18/h1-6H,7H2,(H,22,23). The molecule has 4 aromatic rings. The fraction of sp³-hybridized carbons (Fsp3) is 0.143. The number of aromatic nitrogens is 6. The molecule has 0 amide bonds. The summed E-state index contributed by atoms with van der Waals surface area (Å²) < 4.78 is 39.9. The molecule has 0 saturated heterocycles. The van der Waals surface area contributed by atoms with E-state index in [-0.39, 0.29) is 5.95 Å². The maximum absolute atomic E-state index is 12.3. The van der Waals surface area contributed by atoms with E-state index in [1.54, 1.807) is 29.1 Å². The number of hydrogen-bond acceptors (Lipinski definition) is 5. The lowest BCUT2D eigenvalue weighted by Crippen LogP contribution is -2.22. The number of halogens is 4. The van der Waals surface area contributed by atoms with Crippen molar-refractivity contribution in [3.05, 3.63) is 42.2 Å². The smallest absolute Gasteiger partial charge is 0.344 e. The summed E-state index contributed by atoms with van der Waals surface area (Å²) in [7, 11) is 0. The Kier molecular flexibility index (Phi) is 3.49. The number of imidazole rings is 1. The van der Waals surface area contributed by atoms with Crippen LogP contribution < -0.4 is 5.32 Å². The summed E-state index contributed by atoms with van der Waals surface area (Å²) in [5.74, 6) is 0.352. The quantitative estimate of drug-likeness (QED) is 0.602. The number of alkyl halides is 3. The second-order valence-corrected chi connectivity index (χ2v) is 5.59. The minimum absolute atomic E-state index is 0.113. The van der Waals surface area contributed by atoms with Crippen LogP contribution in [0.2, 0.25) is 5.15 Å². The van der Waals surface area contributed by atoms with Crippen LogP contribution in [0.3, 0.4) is 0 Å². The van der Waals surface area contributed by atoms with E-state index in [1.165, 1.54) is 16.9 Å². The molecule has 0 aliphatic carbocycles. The first kappa shape index (κ1) is 15.6. The monoisotopic (exact) mass is 367 g/mol. The molecule has 4 aromatic heterocycles.